The van der Waals surface area contributed by atoms with Crippen LogP contribution in [0, 0.1) is 0 Å². The summed E-state index contributed by atoms with van der Waals surface area (Å²) in [7, 11) is -3.95. The van der Waals surface area contributed by atoms with Gasteiger partial charge in [-0.2, -0.15) is 9.82 Å². The van der Waals surface area contributed by atoms with Gasteiger partial charge in [0.2, 0.25) is 0 Å². The van der Waals surface area contributed by atoms with Gasteiger partial charge in [-0.25, -0.2) is 13.4 Å². The number of aliphatic carboxylic acids is 1. The lowest BCUT2D eigenvalue weighted by Gasteiger charge is -2.12. The molecule has 0 saturated carbocycles. The Balaban J connectivity index is 2.15. The number of nitrogens with zero attached hydrogens (tertiary/aromatic N) is 2. The maximum Gasteiger partial charge on any atom is 0.322 e. The molecule has 102 valence electrons. The molecule has 2 aromatic rings. The summed E-state index contributed by atoms with van der Waals surface area (Å²) in [5, 5.41) is 14.6. The number of hydrogen-bond acceptors (Lipinski definition) is 5. The molecule has 1 atom stereocenters. The van der Waals surface area contributed by atoms with Crippen molar-refractivity contribution in [1.29, 1.82) is 0 Å². The van der Waals surface area contributed by atoms with Crippen LogP contribution < -0.4 is 4.72 Å². The molecule has 2 heterocycles. The molecule has 19 heavy (non-hydrogen) atoms. The molecule has 0 aliphatic heterocycles. The summed E-state index contributed by atoms with van der Waals surface area (Å²) in [6, 6.07) is -0.0639. The molecule has 9 nitrogen and oxygen atoms in total. The number of aromatic nitrogens is 4. The van der Waals surface area contributed by atoms with Crippen LogP contribution in [0.5, 0.6) is 0 Å². The van der Waals surface area contributed by atoms with Gasteiger partial charge >= 0.3 is 5.97 Å². The van der Waals surface area contributed by atoms with E-state index in [-0.39, 0.29) is 11.4 Å². The minimum absolute atomic E-state index is 0.0390. The van der Waals surface area contributed by atoms with Gasteiger partial charge in [-0.1, -0.05) is 0 Å². The van der Waals surface area contributed by atoms with Crippen LogP contribution in [0.4, 0.5) is 0 Å². The number of carboxylic acid groups (broad SMARTS) is 1. The van der Waals surface area contributed by atoms with Crippen LogP contribution in [0.2, 0.25) is 0 Å². The van der Waals surface area contributed by atoms with Crippen molar-refractivity contribution in [3.63, 3.8) is 0 Å². The molecule has 0 fully saturated rings. The zero-order valence-electron chi connectivity index (χ0n) is 9.57. The quantitative estimate of drug-likeness (QED) is 0.542. The molecule has 10 heteroatoms. The van der Waals surface area contributed by atoms with Gasteiger partial charge in [-0.05, 0) is 6.07 Å². The highest BCUT2D eigenvalue weighted by Gasteiger charge is 2.26. The van der Waals surface area contributed by atoms with E-state index in [0.717, 1.165) is 0 Å². The Morgan fingerprint density at radius 1 is 1.53 bits per heavy atom. The van der Waals surface area contributed by atoms with Gasteiger partial charge in [0, 0.05) is 18.3 Å². The van der Waals surface area contributed by atoms with E-state index in [2.05, 4.69) is 24.9 Å². The number of H-pyrrole nitrogens is 2. The third-order valence-corrected chi connectivity index (χ3v) is 3.74. The van der Waals surface area contributed by atoms with Crippen molar-refractivity contribution >= 4 is 16.0 Å². The van der Waals surface area contributed by atoms with E-state index in [4.69, 9.17) is 5.11 Å². The van der Waals surface area contributed by atoms with Crippen molar-refractivity contribution in [3.05, 3.63) is 30.5 Å². The van der Waals surface area contributed by atoms with Gasteiger partial charge in [0.1, 0.15) is 6.04 Å². The molecule has 4 N–H and O–H groups in total. The Labute approximate surface area is 108 Å². The Hall–Kier alpha value is -2.20. The third kappa shape index (κ3) is 3.17. The van der Waals surface area contributed by atoms with Gasteiger partial charge in [-0.3, -0.25) is 9.89 Å². The average Bonchev–Trinajstić information content (AvgIpc) is 3.00. The predicted molar refractivity (Wildman–Crippen MR) is 62.6 cm³/mol. The summed E-state index contributed by atoms with van der Waals surface area (Å²) in [4.78, 5) is 17.5. The second-order valence-corrected chi connectivity index (χ2v) is 5.40. The number of carboxylic acids is 1. The lowest BCUT2D eigenvalue weighted by atomic mass is 10.2. The molecule has 0 aromatic carbocycles. The summed E-state index contributed by atoms with van der Waals surface area (Å²) < 4.78 is 25.8. The lowest BCUT2D eigenvalue weighted by molar-refractivity contribution is -0.138. The fourth-order valence-corrected chi connectivity index (χ4v) is 2.54. The van der Waals surface area contributed by atoms with Crippen molar-refractivity contribution in [2.24, 2.45) is 0 Å². The normalized spacial score (nSPS) is 13.3. The fraction of sp³-hybridized carbons (Fsp3) is 0.222. The minimum atomic E-state index is -3.95. The van der Waals surface area contributed by atoms with E-state index in [1.165, 1.54) is 24.8 Å². The fourth-order valence-electron chi connectivity index (χ4n) is 1.44. The van der Waals surface area contributed by atoms with E-state index in [0.29, 0.717) is 5.69 Å². The second-order valence-electron chi connectivity index (χ2n) is 3.71. The van der Waals surface area contributed by atoms with Crippen LogP contribution in [-0.4, -0.2) is 45.7 Å². The summed E-state index contributed by atoms with van der Waals surface area (Å²) in [5.74, 6) is -1.28. The van der Waals surface area contributed by atoms with Crippen LogP contribution in [0.25, 0.3) is 0 Å². The summed E-state index contributed by atoms with van der Waals surface area (Å²) in [5.41, 5.74) is 0.514. The first-order valence-electron chi connectivity index (χ1n) is 5.21. The molecule has 2 aromatic heterocycles. The highest BCUT2D eigenvalue weighted by Crippen LogP contribution is 2.06. The Morgan fingerprint density at radius 3 is 2.84 bits per heavy atom. The third-order valence-electron chi connectivity index (χ3n) is 2.34. The highest BCUT2D eigenvalue weighted by atomic mass is 32.2. The highest BCUT2D eigenvalue weighted by molar-refractivity contribution is 7.89. The lowest BCUT2D eigenvalue weighted by Crippen LogP contribution is -2.42. The summed E-state index contributed by atoms with van der Waals surface area (Å²) in [6.45, 7) is 0. The van der Waals surface area contributed by atoms with Crippen molar-refractivity contribution in [2.45, 2.75) is 17.5 Å². The number of carbonyl (C=O) groups is 1. The van der Waals surface area contributed by atoms with Gasteiger partial charge in [0.15, 0.2) is 5.03 Å². The molecule has 0 aliphatic carbocycles. The van der Waals surface area contributed by atoms with Crippen molar-refractivity contribution in [1.82, 2.24) is 24.9 Å². The first-order valence-corrected chi connectivity index (χ1v) is 6.69. The van der Waals surface area contributed by atoms with E-state index in [1.807, 2.05) is 0 Å². The molecule has 1 unspecified atom stereocenters. The number of hydrogen-bond donors (Lipinski definition) is 4. The van der Waals surface area contributed by atoms with Crippen LogP contribution in [0.3, 0.4) is 0 Å². The van der Waals surface area contributed by atoms with Gasteiger partial charge in [0.05, 0.1) is 12.5 Å². The Kier molecular flexibility index (Phi) is 3.62. The monoisotopic (exact) mass is 285 g/mol. The maximum absolute atomic E-state index is 11.9. The number of aromatic amines is 2. The Morgan fingerprint density at radius 2 is 2.32 bits per heavy atom. The standard InChI is InChI=1S/C9H11N5O4S/c15-9(16)7(3-6-4-10-5-11-6)14-19(17,18)8-1-2-12-13-8/h1-2,4-5,7,14H,3H2,(H,10,11)(H,12,13)(H,15,16). The average molecular weight is 285 g/mol. The molecule has 0 amide bonds. The number of imidazole rings is 1. The molecule has 2 rings (SSSR count). The molecule has 0 radical (unpaired) electrons. The molecule has 0 saturated heterocycles. The molecule has 0 aliphatic rings. The zero-order valence-corrected chi connectivity index (χ0v) is 10.4. The van der Waals surface area contributed by atoms with Gasteiger partial charge < -0.3 is 10.1 Å². The Bertz CT molecular complexity index is 634. The molecular formula is C9H11N5O4S. The smallest absolute Gasteiger partial charge is 0.322 e. The first-order chi connectivity index (χ1) is 8.99. The zero-order chi connectivity index (χ0) is 13.9. The van der Waals surface area contributed by atoms with Crippen LogP contribution in [-0.2, 0) is 21.2 Å². The summed E-state index contributed by atoms with van der Waals surface area (Å²) >= 11 is 0. The number of nitrogens with one attached hydrogen (secondary N) is 3. The number of sulfonamides is 1. The van der Waals surface area contributed by atoms with Crippen molar-refractivity contribution in [2.75, 3.05) is 0 Å². The predicted octanol–water partition coefficient (Wildman–Crippen LogP) is -0.893. The topological polar surface area (TPSA) is 141 Å². The molecule has 0 spiro atoms. The second kappa shape index (κ2) is 5.20. The van der Waals surface area contributed by atoms with Gasteiger partial charge in [-0.15, -0.1) is 0 Å². The van der Waals surface area contributed by atoms with E-state index in [1.54, 1.807) is 0 Å². The maximum atomic E-state index is 11.9. The van der Waals surface area contributed by atoms with Crippen LogP contribution in [0.15, 0.2) is 29.8 Å². The molecule has 0 bridgehead atoms. The van der Waals surface area contributed by atoms with E-state index < -0.39 is 22.0 Å². The molecular weight excluding hydrogens is 274 g/mol. The van der Waals surface area contributed by atoms with Crippen LogP contribution in [0.1, 0.15) is 5.69 Å². The first kappa shape index (κ1) is 13.2. The summed E-state index contributed by atoms with van der Waals surface area (Å²) in [6.07, 6.45) is 4.04. The SMILES string of the molecule is O=C(O)C(Cc1cnc[nH]1)NS(=O)(=O)c1ccn[nH]1. The van der Waals surface area contributed by atoms with Crippen LogP contribution >= 0.6 is 0 Å². The van der Waals surface area contributed by atoms with Crippen molar-refractivity contribution in [3.8, 4) is 0 Å². The minimum Gasteiger partial charge on any atom is -0.480 e. The van der Waals surface area contributed by atoms with E-state index in [9.17, 15) is 13.2 Å². The largest absolute Gasteiger partial charge is 0.480 e. The number of rotatable bonds is 6. The van der Waals surface area contributed by atoms with Crippen molar-refractivity contribution < 1.29 is 18.3 Å². The van der Waals surface area contributed by atoms with E-state index >= 15 is 0 Å². The van der Waals surface area contributed by atoms with Gasteiger partial charge in [0.25, 0.3) is 10.0 Å².